The molecule has 2 nitrogen and oxygen atoms in total. The lowest BCUT2D eigenvalue weighted by Gasteiger charge is -2.19. The van der Waals surface area contributed by atoms with E-state index in [1.807, 2.05) is 19.1 Å². The van der Waals surface area contributed by atoms with Gasteiger partial charge >= 0.3 is 0 Å². The van der Waals surface area contributed by atoms with Gasteiger partial charge in [0.05, 0.1) is 12.6 Å². The molecule has 3 heteroatoms. The van der Waals surface area contributed by atoms with E-state index in [0.717, 1.165) is 11.4 Å². The van der Waals surface area contributed by atoms with Gasteiger partial charge < -0.3 is 10.1 Å². The Kier molecular flexibility index (Phi) is 5.29. The van der Waals surface area contributed by atoms with Crippen LogP contribution in [0.1, 0.15) is 31.0 Å². The van der Waals surface area contributed by atoms with Crippen molar-refractivity contribution in [3.05, 3.63) is 57.2 Å². The fourth-order valence-corrected chi connectivity index (χ4v) is 2.65. The van der Waals surface area contributed by atoms with Crippen LogP contribution in [0.15, 0.2) is 42.5 Å². The first-order valence-electron chi connectivity index (χ1n) is 6.86. The first kappa shape index (κ1) is 15.2. The molecule has 20 heavy (non-hydrogen) atoms. The number of anilines is 1. The summed E-state index contributed by atoms with van der Waals surface area (Å²) in [5.74, 6) is 0.955. The molecule has 1 unspecified atom stereocenters. The zero-order valence-corrected chi connectivity index (χ0v) is 14.3. The fraction of sp³-hybridized carbons (Fsp3) is 0.294. The van der Waals surface area contributed by atoms with Crippen LogP contribution >= 0.6 is 22.6 Å². The van der Waals surface area contributed by atoms with Crippen LogP contribution in [0.3, 0.4) is 0 Å². The highest BCUT2D eigenvalue weighted by Gasteiger charge is 2.11. The smallest absolute Gasteiger partial charge is 0.124 e. The molecular formula is C17H20INO. The number of aryl methyl sites for hydroxylation is 1. The molecule has 106 valence electrons. The van der Waals surface area contributed by atoms with E-state index in [9.17, 15) is 0 Å². The number of para-hydroxylation sites is 1. The summed E-state index contributed by atoms with van der Waals surface area (Å²) in [6.45, 7) is 6.98. The van der Waals surface area contributed by atoms with Crippen molar-refractivity contribution in [1.29, 1.82) is 0 Å². The molecule has 2 aromatic rings. The quantitative estimate of drug-likeness (QED) is 0.722. The number of ether oxygens (including phenoxy) is 1. The lowest BCUT2D eigenvalue weighted by Crippen LogP contribution is -2.09. The largest absolute Gasteiger partial charge is 0.494 e. The third-order valence-electron chi connectivity index (χ3n) is 3.24. The maximum atomic E-state index is 5.70. The van der Waals surface area contributed by atoms with Crippen LogP contribution in [0.5, 0.6) is 5.75 Å². The summed E-state index contributed by atoms with van der Waals surface area (Å²) in [6.07, 6.45) is 0. The monoisotopic (exact) mass is 381 g/mol. The molecule has 1 atom stereocenters. The van der Waals surface area contributed by atoms with E-state index in [1.165, 1.54) is 14.7 Å². The molecule has 2 aromatic carbocycles. The van der Waals surface area contributed by atoms with Gasteiger partial charge in [-0.3, -0.25) is 0 Å². The first-order chi connectivity index (χ1) is 9.61. The highest BCUT2D eigenvalue weighted by molar-refractivity contribution is 14.1. The Morgan fingerprint density at radius 3 is 2.65 bits per heavy atom. The minimum absolute atomic E-state index is 0.205. The number of hydrogen-bond acceptors (Lipinski definition) is 2. The average Bonchev–Trinajstić information content (AvgIpc) is 2.44. The second-order valence-electron chi connectivity index (χ2n) is 4.80. The normalized spacial score (nSPS) is 12.0. The van der Waals surface area contributed by atoms with Crippen molar-refractivity contribution in [3.63, 3.8) is 0 Å². The maximum absolute atomic E-state index is 5.70. The summed E-state index contributed by atoms with van der Waals surface area (Å²) in [6, 6.07) is 14.8. The van der Waals surface area contributed by atoms with E-state index in [1.54, 1.807) is 0 Å². The molecule has 0 fully saturated rings. The molecule has 0 aliphatic heterocycles. The minimum Gasteiger partial charge on any atom is -0.494 e. The Morgan fingerprint density at radius 1 is 1.20 bits per heavy atom. The van der Waals surface area contributed by atoms with Gasteiger partial charge in [0.2, 0.25) is 0 Å². The molecular weight excluding hydrogens is 361 g/mol. The van der Waals surface area contributed by atoms with Crippen molar-refractivity contribution in [1.82, 2.24) is 0 Å². The fourth-order valence-electron chi connectivity index (χ4n) is 2.14. The van der Waals surface area contributed by atoms with Gasteiger partial charge in [-0.15, -0.1) is 0 Å². The van der Waals surface area contributed by atoms with Crippen molar-refractivity contribution >= 4 is 28.3 Å². The lowest BCUT2D eigenvalue weighted by atomic mass is 10.1. The predicted octanol–water partition coefficient (Wildman–Crippen LogP) is 5.17. The third-order valence-corrected chi connectivity index (χ3v) is 4.40. The average molecular weight is 381 g/mol. The third kappa shape index (κ3) is 3.66. The number of benzene rings is 2. The van der Waals surface area contributed by atoms with Crippen LogP contribution in [-0.2, 0) is 0 Å². The van der Waals surface area contributed by atoms with Crippen molar-refractivity contribution < 1.29 is 4.74 Å². The molecule has 2 rings (SSSR count). The molecule has 0 bridgehead atoms. The van der Waals surface area contributed by atoms with E-state index in [2.05, 4.69) is 72.1 Å². The number of hydrogen-bond donors (Lipinski definition) is 1. The first-order valence-corrected chi connectivity index (χ1v) is 7.94. The van der Waals surface area contributed by atoms with Gasteiger partial charge in [0.25, 0.3) is 0 Å². The Hall–Kier alpha value is -1.23. The molecule has 0 heterocycles. The Balaban J connectivity index is 2.19. The highest BCUT2D eigenvalue weighted by Crippen LogP contribution is 2.28. The van der Waals surface area contributed by atoms with Gasteiger partial charge in [-0.2, -0.15) is 0 Å². The molecule has 0 radical (unpaired) electrons. The zero-order chi connectivity index (χ0) is 14.5. The molecule has 0 amide bonds. The zero-order valence-electron chi connectivity index (χ0n) is 12.1. The highest BCUT2D eigenvalue weighted by atomic mass is 127. The molecule has 0 aromatic heterocycles. The Morgan fingerprint density at radius 2 is 1.95 bits per heavy atom. The van der Waals surface area contributed by atoms with Gasteiger partial charge in [0.1, 0.15) is 5.75 Å². The molecule has 0 aliphatic rings. The topological polar surface area (TPSA) is 21.3 Å². The maximum Gasteiger partial charge on any atom is 0.124 e. The van der Waals surface area contributed by atoms with E-state index in [0.29, 0.717) is 6.61 Å². The summed E-state index contributed by atoms with van der Waals surface area (Å²) in [4.78, 5) is 0. The van der Waals surface area contributed by atoms with E-state index < -0.39 is 0 Å². The van der Waals surface area contributed by atoms with Gasteiger partial charge in [0, 0.05) is 14.8 Å². The van der Waals surface area contributed by atoms with E-state index in [-0.39, 0.29) is 6.04 Å². The summed E-state index contributed by atoms with van der Waals surface area (Å²) in [5.41, 5.74) is 3.63. The van der Waals surface area contributed by atoms with Crippen LogP contribution in [0.25, 0.3) is 0 Å². The Labute approximate surface area is 134 Å². The molecule has 0 saturated carbocycles. The molecule has 0 saturated heterocycles. The predicted molar refractivity (Wildman–Crippen MR) is 93.5 cm³/mol. The summed E-state index contributed by atoms with van der Waals surface area (Å²) < 4.78 is 6.97. The van der Waals surface area contributed by atoms with Gasteiger partial charge in [-0.1, -0.05) is 24.3 Å². The van der Waals surface area contributed by atoms with Crippen LogP contribution < -0.4 is 10.1 Å². The van der Waals surface area contributed by atoms with E-state index >= 15 is 0 Å². The summed E-state index contributed by atoms with van der Waals surface area (Å²) >= 11 is 2.37. The number of halogens is 1. The van der Waals surface area contributed by atoms with Crippen molar-refractivity contribution in [2.24, 2.45) is 0 Å². The number of rotatable bonds is 5. The molecule has 0 aliphatic carbocycles. The summed E-state index contributed by atoms with van der Waals surface area (Å²) in [7, 11) is 0. The molecule has 0 spiro atoms. The number of nitrogens with one attached hydrogen (secondary N) is 1. The van der Waals surface area contributed by atoms with Crippen LogP contribution in [0.4, 0.5) is 5.69 Å². The van der Waals surface area contributed by atoms with Gasteiger partial charge in [0.15, 0.2) is 0 Å². The molecule has 1 N–H and O–H groups in total. The van der Waals surface area contributed by atoms with Crippen LogP contribution in [0.2, 0.25) is 0 Å². The standard InChI is InChI=1S/C17H20INO/c1-4-20-17-8-6-5-7-15(17)13(3)19-14-10-9-12(2)16(18)11-14/h5-11,13,19H,4H2,1-3H3. The second-order valence-corrected chi connectivity index (χ2v) is 5.96. The van der Waals surface area contributed by atoms with Crippen LogP contribution in [-0.4, -0.2) is 6.61 Å². The van der Waals surface area contributed by atoms with Crippen molar-refractivity contribution in [3.8, 4) is 5.75 Å². The van der Waals surface area contributed by atoms with E-state index in [4.69, 9.17) is 4.74 Å². The van der Waals surface area contributed by atoms with Crippen LogP contribution in [0, 0.1) is 10.5 Å². The minimum atomic E-state index is 0.205. The lowest BCUT2D eigenvalue weighted by molar-refractivity contribution is 0.335. The Bertz CT molecular complexity index is 583. The van der Waals surface area contributed by atoms with Crippen molar-refractivity contribution in [2.75, 3.05) is 11.9 Å². The van der Waals surface area contributed by atoms with Gasteiger partial charge in [-0.25, -0.2) is 0 Å². The second kappa shape index (κ2) is 6.97. The van der Waals surface area contributed by atoms with Gasteiger partial charge in [-0.05, 0) is 67.1 Å². The van der Waals surface area contributed by atoms with Crippen molar-refractivity contribution in [2.45, 2.75) is 26.8 Å². The SMILES string of the molecule is CCOc1ccccc1C(C)Nc1ccc(C)c(I)c1. The summed E-state index contributed by atoms with van der Waals surface area (Å²) in [5, 5.41) is 3.54.